The molecule has 1 aromatic rings. The highest BCUT2D eigenvalue weighted by atomic mass is 19.4. The van der Waals surface area contributed by atoms with E-state index in [2.05, 4.69) is 10.9 Å². The van der Waals surface area contributed by atoms with Crippen LogP contribution < -0.4 is 21.3 Å². The number of ether oxygens (including phenoxy) is 1. The lowest BCUT2D eigenvalue weighted by atomic mass is 10.1. The zero-order valence-corrected chi connectivity index (χ0v) is 13.8. The molecule has 6 nitrogen and oxygen atoms in total. The van der Waals surface area contributed by atoms with E-state index in [9.17, 15) is 18.0 Å². The molecule has 0 bridgehead atoms. The lowest BCUT2D eigenvalue weighted by molar-refractivity contribution is -0.139. The molecule has 140 valence electrons. The second kappa shape index (κ2) is 7.19. The molecule has 1 aromatic carbocycles. The van der Waals surface area contributed by atoms with Crippen LogP contribution in [0.3, 0.4) is 0 Å². The van der Waals surface area contributed by atoms with Gasteiger partial charge in [-0.3, -0.25) is 15.6 Å². The van der Waals surface area contributed by atoms with Gasteiger partial charge in [0, 0.05) is 25.9 Å². The van der Waals surface area contributed by atoms with Crippen LogP contribution in [0.4, 0.5) is 13.2 Å². The number of benzene rings is 1. The summed E-state index contributed by atoms with van der Waals surface area (Å²) in [5.41, 5.74) is 10.3. The number of hydrazine groups is 1. The Labute approximate surface area is 148 Å². The number of hydrogen-bond acceptors (Lipinski definition) is 5. The highest BCUT2D eigenvalue weighted by Crippen LogP contribution is 2.37. The van der Waals surface area contributed by atoms with Crippen molar-refractivity contribution in [2.24, 2.45) is 5.73 Å². The Morgan fingerprint density at radius 2 is 1.85 bits per heavy atom. The number of rotatable bonds is 4. The maximum atomic E-state index is 13.0. The van der Waals surface area contributed by atoms with E-state index >= 15 is 0 Å². The summed E-state index contributed by atoms with van der Waals surface area (Å²) in [7, 11) is 0. The number of carbonyl (C=O) groups excluding carboxylic acids is 1. The summed E-state index contributed by atoms with van der Waals surface area (Å²) in [5.74, 6) is 0.0662. The number of amides is 1. The number of alkyl halides is 3. The van der Waals surface area contributed by atoms with E-state index in [4.69, 9.17) is 10.5 Å². The van der Waals surface area contributed by atoms with Crippen LogP contribution in [0.1, 0.15) is 18.4 Å². The molecule has 2 aliphatic heterocycles. The maximum Gasteiger partial charge on any atom is 0.419 e. The van der Waals surface area contributed by atoms with Crippen LogP contribution in [0.15, 0.2) is 47.9 Å². The van der Waals surface area contributed by atoms with Gasteiger partial charge in [-0.15, -0.1) is 0 Å². The number of halogens is 3. The van der Waals surface area contributed by atoms with Crippen molar-refractivity contribution in [2.75, 3.05) is 13.1 Å². The molecule has 3 rings (SSSR count). The highest BCUT2D eigenvalue weighted by Gasteiger charge is 2.35. The van der Waals surface area contributed by atoms with Crippen molar-refractivity contribution in [1.29, 1.82) is 0 Å². The minimum absolute atomic E-state index is 0.135. The van der Waals surface area contributed by atoms with Gasteiger partial charge in [-0.25, -0.2) is 0 Å². The molecule has 26 heavy (non-hydrogen) atoms. The van der Waals surface area contributed by atoms with Gasteiger partial charge >= 0.3 is 6.18 Å². The van der Waals surface area contributed by atoms with Gasteiger partial charge in [-0.2, -0.15) is 13.2 Å². The van der Waals surface area contributed by atoms with Crippen molar-refractivity contribution in [2.45, 2.75) is 25.1 Å². The number of hydrogen-bond donors (Lipinski definition) is 3. The molecule has 9 heteroatoms. The number of nitrogens with two attached hydrogens (primary N) is 1. The van der Waals surface area contributed by atoms with Gasteiger partial charge in [0.2, 0.25) is 0 Å². The Balaban J connectivity index is 1.60. The van der Waals surface area contributed by atoms with Crippen LogP contribution in [0.25, 0.3) is 0 Å². The number of nitrogens with zero attached hydrogens (tertiary/aromatic N) is 1. The highest BCUT2D eigenvalue weighted by molar-refractivity contribution is 5.91. The molecule has 0 unspecified atom stereocenters. The Bertz CT molecular complexity index is 738. The van der Waals surface area contributed by atoms with Gasteiger partial charge in [-0.1, -0.05) is 12.1 Å². The molecule has 1 fully saturated rings. The Morgan fingerprint density at radius 1 is 1.15 bits per heavy atom. The van der Waals surface area contributed by atoms with E-state index < -0.39 is 17.6 Å². The zero-order valence-electron chi connectivity index (χ0n) is 13.8. The van der Waals surface area contributed by atoms with Crippen LogP contribution in [0.2, 0.25) is 0 Å². The predicted molar refractivity (Wildman–Crippen MR) is 88.3 cm³/mol. The van der Waals surface area contributed by atoms with Crippen LogP contribution in [0.5, 0.6) is 5.75 Å². The first-order chi connectivity index (χ1) is 12.3. The number of likely N-dealkylation sites (tertiary alicyclic amines) is 1. The first-order valence-electron chi connectivity index (χ1n) is 8.16. The summed E-state index contributed by atoms with van der Waals surface area (Å²) in [4.78, 5) is 13.1. The van der Waals surface area contributed by atoms with Crippen LogP contribution >= 0.6 is 0 Å². The second-order valence-corrected chi connectivity index (χ2v) is 6.04. The van der Waals surface area contributed by atoms with E-state index in [1.807, 2.05) is 4.90 Å². The number of carbonyl (C=O) groups is 1. The van der Waals surface area contributed by atoms with Gasteiger partial charge in [0.15, 0.2) is 0 Å². The summed E-state index contributed by atoms with van der Waals surface area (Å²) in [6.45, 7) is 1.22. The Kier molecular flexibility index (Phi) is 4.97. The van der Waals surface area contributed by atoms with Crippen molar-refractivity contribution in [3.63, 3.8) is 0 Å². The quantitative estimate of drug-likeness (QED) is 0.756. The third-order valence-electron chi connectivity index (χ3n) is 4.27. The monoisotopic (exact) mass is 368 g/mol. The van der Waals surface area contributed by atoms with Crippen molar-refractivity contribution >= 4 is 5.91 Å². The molecule has 0 aliphatic carbocycles. The normalized spacial score (nSPS) is 18.3. The fourth-order valence-corrected chi connectivity index (χ4v) is 2.90. The van der Waals surface area contributed by atoms with Gasteiger partial charge in [0.1, 0.15) is 23.4 Å². The number of allylic oxidation sites excluding steroid dienone is 2. The molecule has 2 aliphatic rings. The molecule has 1 saturated heterocycles. The third kappa shape index (κ3) is 4.04. The van der Waals surface area contributed by atoms with Crippen LogP contribution in [-0.2, 0) is 11.0 Å². The van der Waals surface area contributed by atoms with Crippen molar-refractivity contribution in [3.8, 4) is 5.75 Å². The average molecular weight is 368 g/mol. The van der Waals surface area contributed by atoms with Gasteiger partial charge in [0.25, 0.3) is 5.91 Å². The summed E-state index contributed by atoms with van der Waals surface area (Å²) in [5, 5.41) is 0. The van der Waals surface area contributed by atoms with E-state index in [0.29, 0.717) is 25.9 Å². The molecule has 0 spiro atoms. The van der Waals surface area contributed by atoms with E-state index in [1.54, 1.807) is 12.2 Å². The van der Waals surface area contributed by atoms with E-state index in [1.165, 1.54) is 18.2 Å². The summed E-state index contributed by atoms with van der Waals surface area (Å²) >= 11 is 0. The Morgan fingerprint density at radius 3 is 2.42 bits per heavy atom. The SMILES string of the molecule is NC(=O)C1=CC=C(N2CCC(Oc3ccccc3C(F)(F)F)CC2)NN1. The van der Waals surface area contributed by atoms with Crippen LogP contribution in [-0.4, -0.2) is 30.0 Å². The molecule has 2 heterocycles. The topological polar surface area (TPSA) is 79.6 Å². The third-order valence-corrected chi connectivity index (χ3v) is 4.27. The Hall–Kier alpha value is -2.84. The largest absolute Gasteiger partial charge is 0.490 e. The summed E-state index contributed by atoms with van der Waals surface area (Å²) < 4.78 is 44.8. The fourth-order valence-electron chi connectivity index (χ4n) is 2.90. The molecular formula is C17H19F3N4O2. The average Bonchev–Trinajstić information content (AvgIpc) is 2.62. The fraction of sp³-hybridized carbons (Fsp3) is 0.353. The summed E-state index contributed by atoms with van der Waals surface area (Å²) in [6.07, 6.45) is -0.254. The van der Waals surface area contributed by atoms with Crippen molar-refractivity contribution in [3.05, 3.63) is 53.5 Å². The second-order valence-electron chi connectivity index (χ2n) is 6.04. The molecule has 4 N–H and O–H groups in total. The van der Waals surface area contributed by atoms with E-state index in [-0.39, 0.29) is 17.6 Å². The van der Waals surface area contributed by atoms with Crippen LogP contribution in [0, 0.1) is 0 Å². The van der Waals surface area contributed by atoms with Gasteiger partial charge in [-0.05, 0) is 24.3 Å². The minimum atomic E-state index is -4.44. The first kappa shape index (κ1) is 18.0. The molecule has 0 atom stereocenters. The number of nitrogens with one attached hydrogen (secondary N) is 2. The first-order valence-corrected chi connectivity index (χ1v) is 8.16. The molecule has 0 saturated carbocycles. The lowest BCUT2D eigenvalue weighted by Crippen LogP contribution is -2.47. The zero-order chi connectivity index (χ0) is 18.7. The predicted octanol–water partition coefficient (Wildman–Crippen LogP) is 1.87. The van der Waals surface area contributed by atoms with Crippen molar-refractivity contribution in [1.82, 2.24) is 15.8 Å². The number of piperidine rings is 1. The molecule has 0 radical (unpaired) electrons. The van der Waals surface area contributed by atoms with Crippen molar-refractivity contribution < 1.29 is 22.7 Å². The number of para-hydroxylation sites is 1. The van der Waals surface area contributed by atoms with E-state index in [0.717, 1.165) is 11.9 Å². The standard InChI is InChI=1S/C17H19F3N4O2/c18-17(19,20)12-3-1-2-4-14(12)26-11-7-9-24(10-8-11)15-6-5-13(16(21)25)22-23-15/h1-6,11,22-23H,7-10H2,(H2,21,25). The molecule has 1 amide bonds. The molecule has 0 aromatic heterocycles. The smallest absolute Gasteiger partial charge is 0.419 e. The molecular weight excluding hydrogens is 349 g/mol. The minimum Gasteiger partial charge on any atom is -0.490 e. The summed E-state index contributed by atoms with van der Waals surface area (Å²) in [6, 6.07) is 5.25. The lowest BCUT2D eigenvalue weighted by Gasteiger charge is -2.36. The maximum absolute atomic E-state index is 13.0. The number of primary amides is 1. The van der Waals surface area contributed by atoms with Gasteiger partial charge in [0.05, 0.1) is 5.56 Å². The van der Waals surface area contributed by atoms with Gasteiger partial charge < -0.3 is 15.4 Å².